The van der Waals surface area contributed by atoms with Crippen molar-refractivity contribution in [2.75, 3.05) is 5.32 Å². The molecule has 1 saturated heterocycles. The largest absolute Gasteiger partial charge is 0.361 e. The lowest BCUT2D eigenvalue weighted by Gasteiger charge is -2.31. The van der Waals surface area contributed by atoms with E-state index in [1.54, 1.807) is 10.7 Å². The number of amides is 2. The Morgan fingerprint density at radius 2 is 2.19 bits per heavy atom. The van der Waals surface area contributed by atoms with Gasteiger partial charge >= 0.3 is 0 Å². The van der Waals surface area contributed by atoms with Crippen molar-refractivity contribution in [2.45, 2.75) is 65.7 Å². The Morgan fingerprint density at radius 1 is 1.41 bits per heavy atom. The molecule has 1 fully saturated rings. The molecule has 3 rings (SSSR count). The fourth-order valence-electron chi connectivity index (χ4n) is 3.26. The Kier molecular flexibility index (Phi) is 5.59. The van der Waals surface area contributed by atoms with E-state index >= 15 is 0 Å². The minimum absolute atomic E-state index is 0.0329. The van der Waals surface area contributed by atoms with Crippen LogP contribution in [0.3, 0.4) is 0 Å². The van der Waals surface area contributed by atoms with E-state index in [1.165, 1.54) is 0 Å². The summed E-state index contributed by atoms with van der Waals surface area (Å²) < 4.78 is 6.75. The fourth-order valence-corrected chi connectivity index (χ4v) is 3.26. The Hall–Kier alpha value is -2.68. The van der Waals surface area contributed by atoms with Crippen molar-refractivity contribution in [1.29, 1.82) is 0 Å². The van der Waals surface area contributed by atoms with Gasteiger partial charge in [0.25, 0.3) is 0 Å². The topological polar surface area (TPSA) is 114 Å². The second-order valence-electron chi connectivity index (χ2n) is 6.91. The van der Waals surface area contributed by atoms with Crippen LogP contribution in [0.4, 0.5) is 5.82 Å². The summed E-state index contributed by atoms with van der Waals surface area (Å²) in [6, 6.07) is 1.87. The standard InChI is InChI=1S/C18H26N6O3/c1-5-13-9-17(26)21-18(19-13)24-15(8-10(2)22-24)20-16(25)7-6-14-11(3)23-27-12(14)4/h8,13,18-19H,5-7,9H2,1-4H3,(H,20,25)(H,21,26). The molecule has 2 amide bonds. The van der Waals surface area contributed by atoms with Crippen molar-refractivity contribution < 1.29 is 14.1 Å². The number of anilines is 1. The molecule has 0 saturated carbocycles. The van der Waals surface area contributed by atoms with Gasteiger partial charge in [0.05, 0.1) is 11.4 Å². The number of aromatic nitrogens is 3. The molecule has 0 aliphatic carbocycles. The van der Waals surface area contributed by atoms with E-state index in [1.807, 2.05) is 27.7 Å². The maximum absolute atomic E-state index is 12.4. The van der Waals surface area contributed by atoms with Crippen LogP contribution < -0.4 is 16.0 Å². The Morgan fingerprint density at radius 3 is 2.85 bits per heavy atom. The van der Waals surface area contributed by atoms with Crippen LogP contribution >= 0.6 is 0 Å². The summed E-state index contributed by atoms with van der Waals surface area (Å²) in [6.07, 6.45) is 1.64. The lowest BCUT2D eigenvalue weighted by molar-refractivity contribution is -0.125. The maximum Gasteiger partial charge on any atom is 0.225 e. The van der Waals surface area contributed by atoms with E-state index in [0.717, 1.165) is 29.1 Å². The first kappa shape index (κ1) is 19.1. The summed E-state index contributed by atoms with van der Waals surface area (Å²) in [7, 11) is 0. The molecule has 2 atom stereocenters. The zero-order valence-electron chi connectivity index (χ0n) is 16.1. The number of nitrogens with zero attached hydrogens (tertiary/aromatic N) is 3. The number of hydrogen-bond donors (Lipinski definition) is 3. The van der Waals surface area contributed by atoms with Crippen molar-refractivity contribution >= 4 is 17.6 Å². The number of aryl methyl sites for hydroxylation is 3. The minimum atomic E-state index is -0.484. The van der Waals surface area contributed by atoms with Crippen LogP contribution in [0.15, 0.2) is 10.6 Å². The zero-order chi connectivity index (χ0) is 19.6. The first-order chi connectivity index (χ1) is 12.9. The summed E-state index contributed by atoms with van der Waals surface area (Å²) in [5.41, 5.74) is 2.52. The molecule has 9 heteroatoms. The molecule has 2 aromatic rings. The van der Waals surface area contributed by atoms with Gasteiger partial charge in [-0.05, 0) is 33.6 Å². The third-order valence-corrected chi connectivity index (χ3v) is 4.77. The number of hydrogen-bond acceptors (Lipinski definition) is 6. The lowest BCUT2D eigenvalue weighted by atomic mass is 10.1. The minimum Gasteiger partial charge on any atom is -0.361 e. The van der Waals surface area contributed by atoms with Gasteiger partial charge in [-0.2, -0.15) is 5.10 Å². The molecule has 0 spiro atoms. The van der Waals surface area contributed by atoms with E-state index in [0.29, 0.717) is 25.1 Å². The number of carbonyl (C=O) groups is 2. The average Bonchev–Trinajstić information content (AvgIpc) is 3.14. The van der Waals surface area contributed by atoms with Crippen molar-refractivity contribution in [3.63, 3.8) is 0 Å². The van der Waals surface area contributed by atoms with E-state index in [9.17, 15) is 9.59 Å². The third kappa shape index (κ3) is 4.36. The molecule has 27 heavy (non-hydrogen) atoms. The SMILES string of the molecule is CCC1CC(=O)NC(n2nc(C)cc2NC(=O)CCc2c(C)noc2C)N1. The van der Waals surface area contributed by atoms with Gasteiger partial charge in [-0.1, -0.05) is 12.1 Å². The van der Waals surface area contributed by atoms with Gasteiger partial charge in [-0.15, -0.1) is 0 Å². The lowest BCUT2D eigenvalue weighted by Crippen LogP contribution is -2.53. The zero-order valence-corrected chi connectivity index (χ0v) is 16.1. The Labute approximate surface area is 157 Å². The van der Waals surface area contributed by atoms with Crippen molar-refractivity contribution in [2.24, 2.45) is 0 Å². The third-order valence-electron chi connectivity index (χ3n) is 4.77. The molecule has 3 N–H and O–H groups in total. The maximum atomic E-state index is 12.4. The van der Waals surface area contributed by atoms with E-state index in [-0.39, 0.29) is 17.9 Å². The van der Waals surface area contributed by atoms with Crippen LogP contribution in [0, 0.1) is 20.8 Å². The molecule has 0 aromatic carbocycles. The van der Waals surface area contributed by atoms with Crippen LogP contribution in [0.1, 0.15) is 55.2 Å². The summed E-state index contributed by atoms with van der Waals surface area (Å²) in [4.78, 5) is 24.4. The average molecular weight is 374 g/mol. The molecular weight excluding hydrogens is 348 g/mol. The summed E-state index contributed by atoms with van der Waals surface area (Å²) in [5.74, 6) is 1.12. The molecule has 9 nitrogen and oxygen atoms in total. The van der Waals surface area contributed by atoms with E-state index < -0.39 is 6.29 Å². The van der Waals surface area contributed by atoms with Crippen molar-refractivity contribution in [3.8, 4) is 0 Å². The number of carbonyl (C=O) groups excluding carboxylic acids is 2. The van der Waals surface area contributed by atoms with Crippen molar-refractivity contribution in [1.82, 2.24) is 25.6 Å². The van der Waals surface area contributed by atoms with Crippen LogP contribution in [-0.4, -0.2) is 32.8 Å². The molecule has 3 heterocycles. The highest BCUT2D eigenvalue weighted by molar-refractivity contribution is 5.90. The van der Waals surface area contributed by atoms with Gasteiger partial charge in [0, 0.05) is 30.5 Å². The molecule has 0 bridgehead atoms. The van der Waals surface area contributed by atoms with E-state index in [2.05, 4.69) is 26.2 Å². The second-order valence-corrected chi connectivity index (χ2v) is 6.91. The molecule has 1 aliphatic heterocycles. The summed E-state index contributed by atoms with van der Waals surface area (Å²) >= 11 is 0. The first-order valence-corrected chi connectivity index (χ1v) is 9.20. The highest BCUT2D eigenvalue weighted by atomic mass is 16.5. The molecule has 1 aliphatic rings. The monoisotopic (exact) mass is 374 g/mol. The summed E-state index contributed by atoms with van der Waals surface area (Å²) in [5, 5.41) is 17.4. The van der Waals surface area contributed by atoms with Gasteiger partial charge in [0.15, 0.2) is 6.29 Å². The fraction of sp³-hybridized carbons (Fsp3) is 0.556. The van der Waals surface area contributed by atoms with Crippen LogP contribution in [0.5, 0.6) is 0 Å². The summed E-state index contributed by atoms with van der Waals surface area (Å²) in [6.45, 7) is 7.58. The second kappa shape index (κ2) is 7.91. The van der Waals surface area contributed by atoms with Gasteiger partial charge in [0.1, 0.15) is 11.6 Å². The smallest absolute Gasteiger partial charge is 0.225 e. The van der Waals surface area contributed by atoms with Gasteiger partial charge in [-0.3, -0.25) is 14.9 Å². The Bertz CT molecular complexity index is 821. The van der Waals surface area contributed by atoms with Crippen LogP contribution in [-0.2, 0) is 16.0 Å². The van der Waals surface area contributed by atoms with Crippen LogP contribution in [0.2, 0.25) is 0 Å². The van der Waals surface area contributed by atoms with Gasteiger partial charge in [0.2, 0.25) is 11.8 Å². The van der Waals surface area contributed by atoms with Crippen molar-refractivity contribution in [3.05, 3.63) is 28.8 Å². The Balaban J connectivity index is 1.68. The number of nitrogens with one attached hydrogen (secondary N) is 3. The van der Waals surface area contributed by atoms with Crippen LogP contribution in [0.25, 0.3) is 0 Å². The molecule has 2 unspecified atom stereocenters. The first-order valence-electron chi connectivity index (χ1n) is 9.20. The normalized spacial score (nSPS) is 19.8. The highest BCUT2D eigenvalue weighted by Gasteiger charge is 2.28. The predicted molar refractivity (Wildman–Crippen MR) is 98.9 cm³/mol. The molecule has 146 valence electrons. The highest BCUT2D eigenvalue weighted by Crippen LogP contribution is 2.19. The molecule has 0 radical (unpaired) electrons. The van der Waals surface area contributed by atoms with Gasteiger partial charge in [-0.25, -0.2) is 4.68 Å². The molecular formula is C18H26N6O3. The predicted octanol–water partition coefficient (Wildman–Crippen LogP) is 1.71. The van der Waals surface area contributed by atoms with E-state index in [4.69, 9.17) is 4.52 Å². The van der Waals surface area contributed by atoms with Gasteiger partial charge < -0.3 is 15.2 Å². The quantitative estimate of drug-likeness (QED) is 0.709. The molecule has 2 aromatic heterocycles. The number of rotatable bonds is 6.